The average molecular weight is 342 g/mol. The Bertz CT molecular complexity index is 689. The number of piperazine rings is 1. The van der Waals surface area contributed by atoms with Crippen LogP contribution in [0.25, 0.3) is 6.08 Å². The van der Waals surface area contributed by atoms with Crippen LogP contribution in [0.2, 0.25) is 0 Å². The molecule has 1 aliphatic heterocycles. The van der Waals surface area contributed by atoms with Crippen molar-refractivity contribution in [3.63, 3.8) is 0 Å². The maximum atomic E-state index is 12.3. The van der Waals surface area contributed by atoms with E-state index in [0.29, 0.717) is 6.61 Å². The van der Waals surface area contributed by atoms with Crippen LogP contribution in [0.1, 0.15) is 11.8 Å². The van der Waals surface area contributed by atoms with Crippen molar-refractivity contribution < 1.29 is 9.53 Å². The van der Waals surface area contributed by atoms with Crippen molar-refractivity contribution in [2.75, 3.05) is 37.7 Å². The molecule has 0 unspecified atom stereocenters. The van der Waals surface area contributed by atoms with Crippen LogP contribution >= 0.6 is 11.3 Å². The van der Waals surface area contributed by atoms with Crippen LogP contribution in [0.5, 0.6) is 5.75 Å². The topological polar surface area (TPSA) is 32.8 Å². The lowest BCUT2D eigenvalue weighted by molar-refractivity contribution is -0.126. The molecule has 5 heteroatoms. The maximum Gasteiger partial charge on any atom is 0.246 e. The number of nitrogens with zero attached hydrogens (tertiary/aromatic N) is 2. The van der Waals surface area contributed by atoms with E-state index in [1.807, 2.05) is 53.6 Å². The first-order valence-electron chi connectivity index (χ1n) is 8.25. The lowest BCUT2D eigenvalue weighted by Crippen LogP contribution is -2.48. The highest BCUT2D eigenvalue weighted by atomic mass is 32.1. The number of carbonyl (C=O) groups is 1. The van der Waals surface area contributed by atoms with Gasteiger partial charge in [-0.05, 0) is 36.6 Å². The van der Waals surface area contributed by atoms with E-state index >= 15 is 0 Å². The Kier molecular flexibility index (Phi) is 5.54. The zero-order valence-electron chi connectivity index (χ0n) is 13.9. The van der Waals surface area contributed by atoms with Gasteiger partial charge in [-0.1, -0.05) is 18.2 Å². The number of thiophene rings is 1. The van der Waals surface area contributed by atoms with Gasteiger partial charge in [-0.3, -0.25) is 4.79 Å². The van der Waals surface area contributed by atoms with E-state index in [1.54, 1.807) is 17.4 Å². The van der Waals surface area contributed by atoms with Crippen LogP contribution in [-0.4, -0.2) is 43.6 Å². The molecule has 0 saturated carbocycles. The van der Waals surface area contributed by atoms with Gasteiger partial charge in [0.05, 0.1) is 12.3 Å². The minimum Gasteiger partial charge on any atom is -0.492 e. The summed E-state index contributed by atoms with van der Waals surface area (Å²) in [6.45, 7) is 5.75. The maximum absolute atomic E-state index is 12.3. The molecular formula is C19H22N2O2S. The summed E-state index contributed by atoms with van der Waals surface area (Å²) in [6.07, 6.45) is 3.57. The van der Waals surface area contributed by atoms with Gasteiger partial charge in [-0.25, -0.2) is 0 Å². The summed E-state index contributed by atoms with van der Waals surface area (Å²) in [5.41, 5.74) is 1.11. The highest BCUT2D eigenvalue weighted by molar-refractivity contribution is 7.10. The molecule has 1 aromatic heterocycles. The first-order chi connectivity index (χ1) is 11.8. The Morgan fingerprint density at radius 2 is 1.96 bits per heavy atom. The van der Waals surface area contributed by atoms with E-state index < -0.39 is 0 Å². The average Bonchev–Trinajstić information content (AvgIpc) is 3.14. The number of anilines is 1. The quantitative estimate of drug-likeness (QED) is 0.780. The molecule has 0 atom stereocenters. The standard InChI is InChI=1S/C19H22N2O2S/c1-2-23-18-8-4-3-7-17(18)20-11-13-21(14-12-20)19(22)10-9-16-6-5-15-24-16/h3-10,15H,2,11-14H2,1H3. The molecule has 1 fully saturated rings. The highest BCUT2D eigenvalue weighted by Gasteiger charge is 2.21. The van der Waals surface area contributed by atoms with Gasteiger partial charge in [0.15, 0.2) is 0 Å². The van der Waals surface area contributed by atoms with E-state index in [9.17, 15) is 4.79 Å². The first-order valence-corrected chi connectivity index (χ1v) is 9.13. The minimum atomic E-state index is 0.0844. The zero-order valence-corrected chi connectivity index (χ0v) is 14.7. The Labute approximate surface area is 147 Å². The minimum absolute atomic E-state index is 0.0844. The van der Waals surface area contributed by atoms with Gasteiger partial charge in [0, 0.05) is 37.1 Å². The fourth-order valence-corrected chi connectivity index (χ4v) is 3.43. The smallest absolute Gasteiger partial charge is 0.246 e. The SMILES string of the molecule is CCOc1ccccc1N1CCN(C(=O)C=Cc2cccs2)CC1. The predicted molar refractivity (Wildman–Crippen MR) is 99.8 cm³/mol. The van der Waals surface area contributed by atoms with Gasteiger partial charge in [0.1, 0.15) is 5.75 Å². The molecule has 0 bridgehead atoms. The number of hydrogen-bond donors (Lipinski definition) is 0. The van der Waals surface area contributed by atoms with Crippen molar-refractivity contribution in [1.82, 2.24) is 4.90 Å². The normalized spacial score (nSPS) is 15.0. The molecule has 1 saturated heterocycles. The van der Waals surface area contributed by atoms with Crippen LogP contribution in [0.15, 0.2) is 47.9 Å². The summed E-state index contributed by atoms with van der Waals surface area (Å²) in [4.78, 5) is 17.6. The summed E-state index contributed by atoms with van der Waals surface area (Å²) < 4.78 is 5.71. The Balaban J connectivity index is 1.59. The van der Waals surface area contributed by atoms with Crippen LogP contribution in [0, 0.1) is 0 Å². The molecule has 2 aromatic rings. The van der Waals surface area contributed by atoms with Crippen molar-refractivity contribution in [3.8, 4) is 5.75 Å². The van der Waals surface area contributed by atoms with Crippen LogP contribution < -0.4 is 9.64 Å². The molecule has 126 valence electrons. The number of amides is 1. The fourth-order valence-electron chi connectivity index (χ4n) is 2.81. The largest absolute Gasteiger partial charge is 0.492 e. The zero-order chi connectivity index (χ0) is 16.8. The summed E-state index contributed by atoms with van der Waals surface area (Å²) in [5, 5.41) is 2.01. The Morgan fingerprint density at radius 3 is 2.67 bits per heavy atom. The number of rotatable bonds is 5. The van der Waals surface area contributed by atoms with Crippen molar-refractivity contribution in [2.24, 2.45) is 0 Å². The van der Waals surface area contributed by atoms with E-state index in [2.05, 4.69) is 11.0 Å². The highest BCUT2D eigenvalue weighted by Crippen LogP contribution is 2.28. The number of para-hydroxylation sites is 2. The van der Waals surface area contributed by atoms with Gasteiger partial charge in [-0.2, -0.15) is 0 Å². The summed E-state index contributed by atoms with van der Waals surface area (Å²) in [6, 6.07) is 12.1. The molecule has 3 rings (SSSR count). The Morgan fingerprint density at radius 1 is 1.17 bits per heavy atom. The molecule has 0 N–H and O–H groups in total. The van der Waals surface area contributed by atoms with Crippen LogP contribution in [-0.2, 0) is 4.79 Å². The van der Waals surface area contributed by atoms with Crippen molar-refractivity contribution in [2.45, 2.75) is 6.92 Å². The van der Waals surface area contributed by atoms with Crippen molar-refractivity contribution >= 4 is 29.0 Å². The summed E-state index contributed by atoms with van der Waals surface area (Å²) in [5.74, 6) is 0.999. The fraction of sp³-hybridized carbons (Fsp3) is 0.316. The summed E-state index contributed by atoms with van der Waals surface area (Å²) in [7, 11) is 0. The molecule has 1 aromatic carbocycles. The van der Waals surface area contributed by atoms with Crippen molar-refractivity contribution in [1.29, 1.82) is 0 Å². The molecule has 0 aliphatic carbocycles. The second kappa shape index (κ2) is 8.02. The molecule has 2 heterocycles. The van der Waals surface area contributed by atoms with Crippen molar-refractivity contribution in [3.05, 3.63) is 52.7 Å². The lowest BCUT2D eigenvalue weighted by atomic mass is 10.2. The first kappa shape index (κ1) is 16.6. The number of ether oxygens (including phenoxy) is 1. The summed E-state index contributed by atoms with van der Waals surface area (Å²) >= 11 is 1.64. The van der Waals surface area contributed by atoms with Gasteiger partial charge >= 0.3 is 0 Å². The number of carbonyl (C=O) groups excluding carboxylic acids is 1. The predicted octanol–water partition coefficient (Wildman–Crippen LogP) is 3.51. The van der Waals surface area contributed by atoms with Gasteiger partial charge in [-0.15, -0.1) is 11.3 Å². The van der Waals surface area contributed by atoms with Crippen LogP contribution in [0.3, 0.4) is 0 Å². The molecule has 1 amide bonds. The molecule has 1 aliphatic rings. The van der Waals surface area contributed by atoms with Gasteiger partial charge in [0.25, 0.3) is 0 Å². The number of benzene rings is 1. The Hall–Kier alpha value is -2.27. The van der Waals surface area contributed by atoms with E-state index in [1.165, 1.54) is 0 Å². The third kappa shape index (κ3) is 3.97. The molecule has 24 heavy (non-hydrogen) atoms. The molecule has 0 spiro atoms. The molecular weight excluding hydrogens is 320 g/mol. The van der Waals surface area contributed by atoms with E-state index in [4.69, 9.17) is 4.74 Å². The van der Waals surface area contributed by atoms with E-state index in [-0.39, 0.29) is 5.91 Å². The third-order valence-corrected chi connectivity index (χ3v) is 4.87. The van der Waals surface area contributed by atoms with Gasteiger partial charge < -0.3 is 14.5 Å². The van der Waals surface area contributed by atoms with Crippen LogP contribution in [0.4, 0.5) is 5.69 Å². The molecule has 0 radical (unpaired) electrons. The van der Waals surface area contributed by atoms with E-state index in [0.717, 1.165) is 42.5 Å². The van der Waals surface area contributed by atoms with Gasteiger partial charge in [0.2, 0.25) is 5.91 Å². The lowest BCUT2D eigenvalue weighted by Gasteiger charge is -2.36. The second-order valence-corrected chi connectivity index (χ2v) is 6.54. The monoisotopic (exact) mass is 342 g/mol. The molecule has 4 nitrogen and oxygen atoms in total. The number of hydrogen-bond acceptors (Lipinski definition) is 4. The second-order valence-electron chi connectivity index (χ2n) is 5.56. The third-order valence-electron chi connectivity index (χ3n) is 4.03.